The van der Waals surface area contributed by atoms with Crippen LogP contribution in [-0.4, -0.2) is 22.3 Å². The van der Waals surface area contributed by atoms with Gasteiger partial charge in [-0.15, -0.1) is 6.58 Å². The van der Waals surface area contributed by atoms with Crippen molar-refractivity contribution in [2.75, 3.05) is 6.54 Å². The molecule has 0 aliphatic carbocycles. The lowest BCUT2D eigenvalue weighted by Crippen LogP contribution is -2.35. The van der Waals surface area contributed by atoms with Crippen molar-refractivity contribution in [2.45, 2.75) is 27.3 Å². The molecule has 2 aromatic rings. The van der Waals surface area contributed by atoms with Crippen molar-refractivity contribution in [2.24, 2.45) is 0 Å². The van der Waals surface area contributed by atoms with Gasteiger partial charge in [-0.05, 0) is 38.0 Å². The predicted molar refractivity (Wildman–Crippen MR) is 92.7 cm³/mol. The fourth-order valence-corrected chi connectivity index (χ4v) is 2.57. The molecule has 0 bridgehead atoms. The topological polar surface area (TPSA) is 53.2 Å². The number of hydrogen-bond donors (Lipinski definition) is 1. The third-order valence-electron chi connectivity index (χ3n) is 3.71. The van der Waals surface area contributed by atoms with Crippen LogP contribution in [0.25, 0.3) is 0 Å². The summed E-state index contributed by atoms with van der Waals surface area (Å²) < 4.78 is 0. The lowest BCUT2D eigenvalue weighted by atomic mass is 10.1. The van der Waals surface area contributed by atoms with Crippen molar-refractivity contribution < 1.29 is 4.79 Å². The van der Waals surface area contributed by atoms with Gasteiger partial charge in [0.2, 0.25) is 0 Å². The van der Waals surface area contributed by atoms with Gasteiger partial charge in [-0.3, -0.25) is 9.59 Å². The zero-order valence-corrected chi connectivity index (χ0v) is 13.8. The van der Waals surface area contributed by atoms with Crippen LogP contribution in [0.5, 0.6) is 0 Å². The summed E-state index contributed by atoms with van der Waals surface area (Å²) in [5.41, 5.74) is 3.48. The van der Waals surface area contributed by atoms with Crippen molar-refractivity contribution in [1.82, 2.24) is 9.88 Å². The van der Waals surface area contributed by atoms with Crippen LogP contribution < -0.4 is 5.56 Å². The minimum Gasteiger partial charge on any atom is -0.330 e. The third kappa shape index (κ3) is 3.97. The van der Waals surface area contributed by atoms with Crippen molar-refractivity contribution in [1.29, 1.82) is 0 Å². The summed E-state index contributed by atoms with van der Waals surface area (Å²) in [4.78, 5) is 29.3. The molecule has 0 aliphatic rings. The van der Waals surface area contributed by atoms with Crippen molar-refractivity contribution in [3.8, 4) is 0 Å². The second-order valence-electron chi connectivity index (χ2n) is 5.80. The molecule has 1 aromatic carbocycles. The number of amides is 1. The van der Waals surface area contributed by atoms with Gasteiger partial charge in [0.15, 0.2) is 0 Å². The molecule has 120 valence electrons. The van der Waals surface area contributed by atoms with E-state index in [0.29, 0.717) is 18.7 Å². The van der Waals surface area contributed by atoms with E-state index in [1.165, 1.54) is 5.56 Å². The number of pyridine rings is 1. The maximum Gasteiger partial charge on any atom is 0.261 e. The number of hydrogen-bond acceptors (Lipinski definition) is 2. The molecule has 0 radical (unpaired) electrons. The van der Waals surface area contributed by atoms with Crippen LogP contribution in [0, 0.1) is 20.8 Å². The van der Waals surface area contributed by atoms with E-state index in [-0.39, 0.29) is 17.0 Å². The molecule has 0 saturated carbocycles. The zero-order chi connectivity index (χ0) is 17.0. The highest BCUT2D eigenvalue weighted by Crippen LogP contribution is 2.12. The number of aromatic amines is 1. The first-order chi connectivity index (χ1) is 10.9. The number of aryl methyl sites for hydroxylation is 3. The minimum absolute atomic E-state index is 0.199. The van der Waals surface area contributed by atoms with Gasteiger partial charge >= 0.3 is 0 Å². The molecule has 0 saturated heterocycles. The number of aromatic nitrogens is 1. The standard InChI is InChI=1S/C19H22N2O2/c1-5-10-21(12-16-8-6-13(2)7-9-16)19(23)17-14(3)11-15(4)20-18(17)22/h5-9,11H,1,10,12H2,2-4H3,(H,20,22). The Balaban J connectivity index is 2.34. The van der Waals surface area contributed by atoms with Gasteiger partial charge in [0.25, 0.3) is 11.5 Å². The van der Waals surface area contributed by atoms with Crippen LogP contribution in [0.2, 0.25) is 0 Å². The molecule has 23 heavy (non-hydrogen) atoms. The quantitative estimate of drug-likeness (QED) is 0.863. The molecule has 1 amide bonds. The van der Waals surface area contributed by atoms with Crippen LogP contribution >= 0.6 is 0 Å². The summed E-state index contributed by atoms with van der Waals surface area (Å²) in [5, 5.41) is 0. The first-order valence-electron chi connectivity index (χ1n) is 7.58. The summed E-state index contributed by atoms with van der Waals surface area (Å²) >= 11 is 0. The van der Waals surface area contributed by atoms with E-state index in [0.717, 1.165) is 11.3 Å². The maximum absolute atomic E-state index is 12.8. The Morgan fingerprint density at radius 3 is 2.43 bits per heavy atom. The fourth-order valence-electron chi connectivity index (χ4n) is 2.57. The zero-order valence-electron chi connectivity index (χ0n) is 13.8. The number of nitrogens with zero attached hydrogens (tertiary/aromatic N) is 1. The van der Waals surface area contributed by atoms with Crippen LogP contribution in [-0.2, 0) is 6.54 Å². The predicted octanol–water partition coefficient (Wildman–Crippen LogP) is 3.13. The van der Waals surface area contributed by atoms with Crippen molar-refractivity contribution >= 4 is 5.91 Å². The number of nitrogens with one attached hydrogen (secondary N) is 1. The van der Waals surface area contributed by atoms with Crippen LogP contribution in [0.3, 0.4) is 0 Å². The molecule has 0 fully saturated rings. The van der Waals surface area contributed by atoms with Crippen LogP contribution in [0.1, 0.15) is 32.7 Å². The molecule has 0 atom stereocenters. The van der Waals surface area contributed by atoms with Gasteiger partial charge in [0.05, 0.1) is 0 Å². The second kappa shape index (κ2) is 7.09. The lowest BCUT2D eigenvalue weighted by Gasteiger charge is -2.22. The lowest BCUT2D eigenvalue weighted by molar-refractivity contribution is 0.0760. The first-order valence-corrected chi connectivity index (χ1v) is 7.58. The Morgan fingerprint density at radius 2 is 1.87 bits per heavy atom. The van der Waals surface area contributed by atoms with Gasteiger partial charge < -0.3 is 9.88 Å². The first kappa shape index (κ1) is 16.7. The highest BCUT2D eigenvalue weighted by atomic mass is 16.2. The molecule has 0 unspecified atom stereocenters. The Hall–Kier alpha value is -2.62. The van der Waals surface area contributed by atoms with E-state index in [2.05, 4.69) is 11.6 Å². The second-order valence-corrected chi connectivity index (χ2v) is 5.80. The maximum atomic E-state index is 12.8. The molecule has 1 N–H and O–H groups in total. The molecule has 4 nitrogen and oxygen atoms in total. The normalized spacial score (nSPS) is 10.4. The summed E-state index contributed by atoms with van der Waals surface area (Å²) in [6, 6.07) is 9.81. The molecule has 2 rings (SSSR count). The number of benzene rings is 1. The van der Waals surface area contributed by atoms with E-state index < -0.39 is 0 Å². The Kier molecular flexibility index (Phi) is 5.16. The fraction of sp³-hybridized carbons (Fsp3) is 0.263. The molecule has 1 heterocycles. The van der Waals surface area contributed by atoms with Crippen LogP contribution in [0.4, 0.5) is 0 Å². The molecule has 1 aromatic heterocycles. The molecule has 4 heteroatoms. The summed E-state index contributed by atoms with van der Waals surface area (Å²) in [6.45, 7) is 10.1. The molecule has 0 spiro atoms. The van der Waals surface area contributed by atoms with Gasteiger partial charge in [-0.1, -0.05) is 35.9 Å². The Bertz CT molecular complexity index is 773. The number of carbonyl (C=O) groups excluding carboxylic acids is 1. The summed E-state index contributed by atoms with van der Waals surface area (Å²) in [6.07, 6.45) is 1.67. The van der Waals surface area contributed by atoms with Crippen molar-refractivity contribution in [3.05, 3.63) is 81.3 Å². The molecular weight excluding hydrogens is 288 g/mol. The van der Waals surface area contributed by atoms with Gasteiger partial charge in [-0.2, -0.15) is 0 Å². The van der Waals surface area contributed by atoms with E-state index in [4.69, 9.17) is 0 Å². The average Bonchev–Trinajstić information content (AvgIpc) is 2.47. The van der Waals surface area contributed by atoms with Gasteiger partial charge in [-0.25, -0.2) is 0 Å². The smallest absolute Gasteiger partial charge is 0.261 e. The van der Waals surface area contributed by atoms with E-state index >= 15 is 0 Å². The van der Waals surface area contributed by atoms with Crippen molar-refractivity contribution in [3.63, 3.8) is 0 Å². The third-order valence-corrected chi connectivity index (χ3v) is 3.71. The Labute approximate surface area is 136 Å². The van der Waals surface area contributed by atoms with Gasteiger partial charge in [0.1, 0.15) is 5.56 Å². The SMILES string of the molecule is C=CCN(Cc1ccc(C)cc1)C(=O)c1c(C)cc(C)[nH]c1=O. The van der Waals surface area contributed by atoms with Gasteiger partial charge in [0, 0.05) is 18.8 Å². The number of rotatable bonds is 5. The molecule has 0 aliphatic heterocycles. The largest absolute Gasteiger partial charge is 0.330 e. The van der Waals surface area contributed by atoms with E-state index in [9.17, 15) is 9.59 Å². The highest BCUT2D eigenvalue weighted by molar-refractivity contribution is 5.95. The monoisotopic (exact) mass is 310 g/mol. The number of H-pyrrole nitrogens is 1. The number of carbonyl (C=O) groups is 1. The summed E-state index contributed by atoms with van der Waals surface area (Å²) in [5.74, 6) is -0.274. The minimum atomic E-state index is -0.342. The Morgan fingerprint density at radius 1 is 1.22 bits per heavy atom. The van der Waals surface area contributed by atoms with Crippen LogP contribution in [0.15, 0.2) is 47.8 Å². The van der Waals surface area contributed by atoms with E-state index in [1.807, 2.05) is 37.3 Å². The molecular formula is C19H22N2O2. The van der Waals surface area contributed by atoms with E-state index in [1.54, 1.807) is 24.8 Å². The highest BCUT2D eigenvalue weighted by Gasteiger charge is 2.20. The average molecular weight is 310 g/mol. The summed E-state index contributed by atoms with van der Waals surface area (Å²) in [7, 11) is 0.